The maximum atomic E-state index is 14.3. The second-order valence-corrected chi connectivity index (χ2v) is 8.11. The highest BCUT2D eigenvalue weighted by Crippen LogP contribution is 2.31. The topological polar surface area (TPSA) is 22.0 Å². The van der Waals surface area contributed by atoms with Crippen molar-refractivity contribution in [2.45, 2.75) is 6.54 Å². The van der Waals surface area contributed by atoms with Gasteiger partial charge in [-0.25, -0.2) is 4.39 Å². The number of ketones is 1. The fraction of sp³-hybridized carbons (Fsp3) is 0.0357. The second kappa shape index (κ2) is 8.45. The smallest absolute Gasteiger partial charge is 0.185 e. The van der Waals surface area contributed by atoms with Gasteiger partial charge in [0.1, 0.15) is 5.82 Å². The van der Waals surface area contributed by atoms with E-state index < -0.39 is 0 Å². The fourth-order valence-corrected chi connectivity index (χ4v) is 4.15. The Labute approximate surface area is 190 Å². The van der Waals surface area contributed by atoms with Crippen LogP contribution in [0.25, 0.3) is 27.9 Å². The number of carbonyl (C=O) groups excluding carboxylic acids is 1. The van der Waals surface area contributed by atoms with Crippen molar-refractivity contribution in [3.8, 4) is 0 Å². The van der Waals surface area contributed by atoms with Crippen LogP contribution in [0.5, 0.6) is 0 Å². The third-order valence-electron chi connectivity index (χ3n) is 5.64. The van der Waals surface area contributed by atoms with Crippen LogP contribution in [0.4, 0.5) is 4.39 Å². The van der Waals surface area contributed by atoms with Gasteiger partial charge in [0.15, 0.2) is 5.78 Å². The number of hydrogen-bond acceptors (Lipinski definition) is 1. The predicted molar refractivity (Wildman–Crippen MR) is 130 cm³/mol. The molecule has 1 heterocycles. The number of allylic oxidation sites excluding steroid dienone is 1. The zero-order valence-corrected chi connectivity index (χ0v) is 17.9. The number of fused-ring (bicyclic) bond motifs is 3. The van der Waals surface area contributed by atoms with Gasteiger partial charge in [-0.05, 0) is 60.2 Å². The summed E-state index contributed by atoms with van der Waals surface area (Å²) in [5.74, 6) is -0.289. The Hall–Kier alpha value is -3.69. The average Bonchev–Trinajstić information content (AvgIpc) is 3.12. The molecule has 0 fully saturated rings. The highest BCUT2D eigenvalue weighted by atomic mass is 35.5. The summed E-state index contributed by atoms with van der Waals surface area (Å²) in [4.78, 5) is 12.5. The quantitative estimate of drug-likeness (QED) is 0.205. The van der Waals surface area contributed by atoms with E-state index in [2.05, 4.69) is 22.8 Å². The number of aromatic nitrogens is 1. The van der Waals surface area contributed by atoms with Crippen LogP contribution >= 0.6 is 11.6 Å². The highest BCUT2D eigenvalue weighted by Gasteiger charge is 2.12. The summed E-state index contributed by atoms with van der Waals surface area (Å²) in [5.41, 5.74) is 4.23. The maximum Gasteiger partial charge on any atom is 0.185 e. The fourth-order valence-electron chi connectivity index (χ4n) is 4.02. The van der Waals surface area contributed by atoms with Crippen molar-refractivity contribution < 1.29 is 9.18 Å². The number of halogens is 2. The molecule has 0 aliphatic rings. The molecule has 32 heavy (non-hydrogen) atoms. The highest BCUT2D eigenvalue weighted by molar-refractivity contribution is 6.30. The Bertz CT molecular complexity index is 1480. The molecule has 0 aliphatic carbocycles. The van der Waals surface area contributed by atoms with Gasteiger partial charge in [0.25, 0.3) is 0 Å². The van der Waals surface area contributed by atoms with Crippen LogP contribution in [0, 0.1) is 5.82 Å². The van der Waals surface area contributed by atoms with Crippen LogP contribution in [0.2, 0.25) is 5.02 Å². The Morgan fingerprint density at radius 2 is 1.56 bits per heavy atom. The molecule has 156 valence electrons. The summed E-state index contributed by atoms with van der Waals surface area (Å²) in [5, 5.41) is 2.76. The van der Waals surface area contributed by atoms with Crippen molar-refractivity contribution in [1.82, 2.24) is 4.57 Å². The third-order valence-corrected chi connectivity index (χ3v) is 5.89. The number of carbonyl (C=O) groups is 1. The Morgan fingerprint density at radius 1 is 0.844 bits per heavy atom. The second-order valence-electron chi connectivity index (χ2n) is 7.68. The SMILES string of the molecule is O=C(/C=C/c1ccc2c(c1)c1ccccc1n2Cc1ccccc1F)c1ccc(Cl)cc1. The maximum absolute atomic E-state index is 14.3. The molecule has 5 rings (SSSR count). The summed E-state index contributed by atoms with van der Waals surface area (Å²) in [6.07, 6.45) is 3.39. The van der Waals surface area contributed by atoms with Crippen molar-refractivity contribution in [2.75, 3.05) is 0 Å². The summed E-state index contributed by atoms with van der Waals surface area (Å²) >= 11 is 5.90. The van der Waals surface area contributed by atoms with E-state index in [1.165, 1.54) is 6.07 Å². The summed E-state index contributed by atoms with van der Waals surface area (Å²) < 4.78 is 16.5. The van der Waals surface area contributed by atoms with Gasteiger partial charge in [-0.15, -0.1) is 0 Å². The van der Waals surface area contributed by atoms with E-state index in [0.717, 1.165) is 27.4 Å². The molecule has 0 amide bonds. The van der Waals surface area contributed by atoms with Gasteiger partial charge in [-0.2, -0.15) is 0 Å². The molecule has 0 N–H and O–H groups in total. The van der Waals surface area contributed by atoms with E-state index in [4.69, 9.17) is 11.6 Å². The van der Waals surface area contributed by atoms with Gasteiger partial charge in [0.2, 0.25) is 0 Å². The Morgan fingerprint density at radius 3 is 2.38 bits per heavy atom. The molecule has 2 nitrogen and oxygen atoms in total. The van der Waals surface area contributed by atoms with Gasteiger partial charge < -0.3 is 4.57 Å². The lowest BCUT2D eigenvalue weighted by Gasteiger charge is -2.09. The van der Waals surface area contributed by atoms with E-state index in [1.54, 1.807) is 36.4 Å². The molecule has 5 aromatic rings. The number of benzene rings is 4. The first-order valence-corrected chi connectivity index (χ1v) is 10.7. The van der Waals surface area contributed by atoms with Crippen molar-refractivity contribution in [2.24, 2.45) is 0 Å². The van der Waals surface area contributed by atoms with E-state index in [9.17, 15) is 9.18 Å². The molecule has 4 heteroatoms. The number of nitrogens with zero attached hydrogens (tertiary/aromatic N) is 1. The van der Waals surface area contributed by atoms with Crippen LogP contribution in [0.1, 0.15) is 21.5 Å². The van der Waals surface area contributed by atoms with E-state index in [0.29, 0.717) is 22.7 Å². The normalized spacial score (nSPS) is 11.6. The molecule has 0 saturated carbocycles. The number of rotatable bonds is 5. The van der Waals surface area contributed by atoms with Crippen molar-refractivity contribution in [3.05, 3.63) is 125 Å². The molecule has 4 aromatic carbocycles. The van der Waals surface area contributed by atoms with Crippen molar-refractivity contribution >= 4 is 45.3 Å². The van der Waals surface area contributed by atoms with E-state index in [1.807, 2.05) is 42.5 Å². The van der Waals surface area contributed by atoms with Crippen molar-refractivity contribution in [3.63, 3.8) is 0 Å². The zero-order valence-electron chi connectivity index (χ0n) is 17.1. The largest absolute Gasteiger partial charge is 0.336 e. The van der Waals surface area contributed by atoms with E-state index >= 15 is 0 Å². The zero-order chi connectivity index (χ0) is 22.1. The monoisotopic (exact) mass is 439 g/mol. The first-order chi connectivity index (χ1) is 15.6. The minimum absolute atomic E-state index is 0.0799. The number of hydrogen-bond donors (Lipinski definition) is 0. The third kappa shape index (κ3) is 3.83. The molecular formula is C28H19ClFNO. The molecule has 1 aromatic heterocycles. The van der Waals surface area contributed by atoms with Crippen LogP contribution in [0.15, 0.2) is 97.1 Å². The molecule has 0 radical (unpaired) electrons. The predicted octanol–water partition coefficient (Wildman–Crippen LogP) is 7.53. The van der Waals surface area contributed by atoms with Gasteiger partial charge >= 0.3 is 0 Å². The molecule has 0 atom stereocenters. The minimum Gasteiger partial charge on any atom is -0.336 e. The number of para-hydroxylation sites is 1. The first kappa shape index (κ1) is 20.2. The average molecular weight is 440 g/mol. The summed E-state index contributed by atoms with van der Waals surface area (Å²) in [6, 6.07) is 27.9. The molecule has 0 spiro atoms. The molecule has 0 saturated heterocycles. The van der Waals surface area contributed by atoms with Crippen LogP contribution in [-0.2, 0) is 6.54 Å². The Kier molecular flexibility index (Phi) is 5.34. The molecule has 0 bridgehead atoms. The van der Waals surface area contributed by atoms with Gasteiger partial charge in [-0.3, -0.25) is 4.79 Å². The lowest BCUT2D eigenvalue weighted by atomic mass is 10.1. The lowest BCUT2D eigenvalue weighted by molar-refractivity contribution is 0.104. The standard InChI is InChI=1S/C28H19ClFNO/c29-22-13-11-20(12-14-22)28(32)16-10-19-9-15-27-24(17-19)23-6-2-4-8-26(23)31(27)18-21-5-1-3-7-25(21)30/h1-17H,18H2/b16-10+. The van der Waals surface area contributed by atoms with Crippen LogP contribution in [0.3, 0.4) is 0 Å². The van der Waals surface area contributed by atoms with Crippen molar-refractivity contribution in [1.29, 1.82) is 0 Å². The summed E-state index contributed by atoms with van der Waals surface area (Å²) in [6.45, 7) is 0.445. The molecule has 0 unspecified atom stereocenters. The van der Waals surface area contributed by atoms with E-state index in [-0.39, 0.29) is 11.6 Å². The van der Waals surface area contributed by atoms with Gasteiger partial charge in [-0.1, -0.05) is 60.1 Å². The molecule has 0 aliphatic heterocycles. The van der Waals surface area contributed by atoms with Crippen LogP contribution < -0.4 is 0 Å². The molecular weight excluding hydrogens is 421 g/mol. The van der Waals surface area contributed by atoms with Crippen LogP contribution in [-0.4, -0.2) is 10.4 Å². The van der Waals surface area contributed by atoms with Gasteiger partial charge in [0.05, 0.1) is 6.54 Å². The lowest BCUT2D eigenvalue weighted by Crippen LogP contribution is -2.01. The first-order valence-electron chi connectivity index (χ1n) is 10.3. The summed E-state index contributed by atoms with van der Waals surface area (Å²) in [7, 11) is 0. The van der Waals surface area contributed by atoms with Gasteiger partial charge in [0, 0.05) is 38.0 Å². The Balaban J connectivity index is 1.54. The minimum atomic E-state index is -0.210.